The lowest BCUT2D eigenvalue weighted by Crippen LogP contribution is -2.31. The van der Waals surface area contributed by atoms with E-state index in [-0.39, 0.29) is 11.4 Å². The lowest BCUT2D eigenvalue weighted by atomic mass is 10.0. The summed E-state index contributed by atoms with van der Waals surface area (Å²) in [5, 5.41) is 0. The van der Waals surface area contributed by atoms with Gasteiger partial charge < -0.3 is 15.5 Å². The van der Waals surface area contributed by atoms with Gasteiger partial charge in [0, 0.05) is 12.7 Å². The van der Waals surface area contributed by atoms with Gasteiger partial charge in [0.05, 0.1) is 0 Å². The predicted octanol–water partition coefficient (Wildman–Crippen LogP) is 1.16. The van der Waals surface area contributed by atoms with Crippen molar-refractivity contribution >= 4 is 5.82 Å². The molecule has 0 spiro atoms. The number of hydrogen-bond donors (Lipinski definition) is 2. The van der Waals surface area contributed by atoms with Crippen molar-refractivity contribution in [1.29, 1.82) is 0 Å². The molecule has 0 unspecified atom stereocenters. The van der Waals surface area contributed by atoms with Gasteiger partial charge in [-0.1, -0.05) is 0 Å². The summed E-state index contributed by atoms with van der Waals surface area (Å²) in [6.45, 7) is 2.56. The molecule has 0 radical (unpaired) electrons. The molecule has 1 aromatic heterocycles. The zero-order valence-corrected chi connectivity index (χ0v) is 9.45. The number of nitrogens with two attached hydrogens (primary N) is 1. The van der Waals surface area contributed by atoms with Crippen molar-refractivity contribution in [2.45, 2.75) is 38.2 Å². The van der Waals surface area contributed by atoms with Crippen LogP contribution in [-0.4, -0.2) is 16.6 Å². The van der Waals surface area contributed by atoms with Crippen LogP contribution in [0.25, 0.3) is 0 Å². The van der Waals surface area contributed by atoms with Crippen LogP contribution in [0, 0.1) is 0 Å². The van der Waals surface area contributed by atoms with Crippen molar-refractivity contribution in [2.75, 3.05) is 12.3 Å². The van der Waals surface area contributed by atoms with Gasteiger partial charge in [-0.2, -0.15) is 0 Å². The van der Waals surface area contributed by atoms with Gasteiger partial charge in [0.1, 0.15) is 17.2 Å². The fraction of sp³-hybridized carbons (Fsp3) is 0.636. The fourth-order valence-corrected chi connectivity index (χ4v) is 2.36. The number of rotatable bonds is 3. The van der Waals surface area contributed by atoms with E-state index in [0.717, 1.165) is 25.7 Å². The molecule has 16 heavy (non-hydrogen) atoms. The average Bonchev–Trinajstić information content (AvgIpc) is 2.66. The predicted molar refractivity (Wildman–Crippen MR) is 61.0 cm³/mol. The molecule has 1 heterocycles. The second-order valence-corrected chi connectivity index (χ2v) is 4.15. The van der Waals surface area contributed by atoms with Gasteiger partial charge in [0.2, 0.25) is 0 Å². The summed E-state index contributed by atoms with van der Waals surface area (Å²) in [6, 6.07) is 1.29. The van der Waals surface area contributed by atoms with Gasteiger partial charge in [-0.15, -0.1) is 0 Å². The fourth-order valence-electron chi connectivity index (χ4n) is 2.36. The molecular weight excluding hydrogens is 206 g/mol. The maximum absolute atomic E-state index is 11.4. The Kier molecular flexibility index (Phi) is 2.96. The summed E-state index contributed by atoms with van der Waals surface area (Å²) in [4.78, 5) is 18.3. The highest BCUT2D eigenvalue weighted by atomic mass is 16.5. The first-order valence-electron chi connectivity index (χ1n) is 5.67. The van der Waals surface area contributed by atoms with E-state index in [2.05, 4.69) is 9.97 Å². The van der Waals surface area contributed by atoms with E-state index in [1.807, 2.05) is 6.92 Å². The SMILES string of the molecule is CCOC1(c2nc(N)cc(=O)[nH]2)CCCC1. The molecule has 88 valence electrons. The summed E-state index contributed by atoms with van der Waals surface area (Å²) >= 11 is 0. The quantitative estimate of drug-likeness (QED) is 0.805. The second-order valence-electron chi connectivity index (χ2n) is 4.15. The lowest BCUT2D eigenvalue weighted by Gasteiger charge is -2.27. The zero-order chi connectivity index (χ0) is 11.6. The van der Waals surface area contributed by atoms with Gasteiger partial charge in [0.25, 0.3) is 5.56 Å². The van der Waals surface area contributed by atoms with Crippen LogP contribution in [0.2, 0.25) is 0 Å². The van der Waals surface area contributed by atoms with Gasteiger partial charge in [-0.25, -0.2) is 4.98 Å². The maximum Gasteiger partial charge on any atom is 0.253 e. The van der Waals surface area contributed by atoms with E-state index in [9.17, 15) is 4.79 Å². The molecular formula is C11H17N3O2. The molecule has 1 aliphatic carbocycles. The van der Waals surface area contributed by atoms with Gasteiger partial charge in [-0.3, -0.25) is 4.79 Å². The monoisotopic (exact) mass is 223 g/mol. The van der Waals surface area contributed by atoms with Crippen molar-refractivity contribution in [2.24, 2.45) is 0 Å². The molecule has 0 saturated heterocycles. The first-order valence-corrected chi connectivity index (χ1v) is 5.67. The maximum atomic E-state index is 11.4. The van der Waals surface area contributed by atoms with Crippen molar-refractivity contribution < 1.29 is 4.74 Å². The van der Waals surface area contributed by atoms with Crippen LogP contribution in [0.5, 0.6) is 0 Å². The molecule has 3 N–H and O–H groups in total. The molecule has 1 aromatic rings. The van der Waals surface area contributed by atoms with E-state index in [4.69, 9.17) is 10.5 Å². The Bertz CT molecular complexity index is 421. The Morgan fingerprint density at radius 3 is 2.81 bits per heavy atom. The first kappa shape index (κ1) is 11.1. The second kappa shape index (κ2) is 4.25. The molecule has 0 bridgehead atoms. The van der Waals surface area contributed by atoms with Gasteiger partial charge in [-0.05, 0) is 32.6 Å². The third-order valence-electron chi connectivity index (χ3n) is 3.02. The van der Waals surface area contributed by atoms with Crippen LogP contribution in [-0.2, 0) is 10.3 Å². The van der Waals surface area contributed by atoms with Crippen molar-refractivity contribution in [1.82, 2.24) is 9.97 Å². The first-order chi connectivity index (χ1) is 7.66. The van der Waals surface area contributed by atoms with E-state index < -0.39 is 5.60 Å². The van der Waals surface area contributed by atoms with E-state index in [1.165, 1.54) is 6.07 Å². The molecule has 1 fully saturated rings. The molecule has 0 aliphatic heterocycles. The van der Waals surface area contributed by atoms with Gasteiger partial charge >= 0.3 is 0 Å². The molecule has 2 rings (SSSR count). The number of hydrogen-bond acceptors (Lipinski definition) is 4. The van der Waals surface area contributed by atoms with Crippen molar-refractivity contribution in [3.63, 3.8) is 0 Å². The number of nitrogen functional groups attached to an aromatic ring is 1. The number of aromatic amines is 1. The highest BCUT2D eigenvalue weighted by Crippen LogP contribution is 2.40. The van der Waals surface area contributed by atoms with E-state index in [0.29, 0.717) is 12.4 Å². The lowest BCUT2D eigenvalue weighted by molar-refractivity contribution is -0.0457. The Hall–Kier alpha value is -1.36. The molecule has 1 aliphatic rings. The van der Waals surface area contributed by atoms with Gasteiger partial charge in [0.15, 0.2) is 0 Å². The van der Waals surface area contributed by atoms with E-state index in [1.54, 1.807) is 0 Å². The number of nitrogens with one attached hydrogen (secondary N) is 1. The number of nitrogens with zero attached hydrogens (tertiary/aromatic N) is 1. The van der Waals surface area contributed by atoms with Crippen molar-refractivity contribution in [3.05, 3.63) is 22.2 Å². The molecule has 0 amide bonds. The third-order valence-corrected chi connectivity index (χ3v) is 3.02. The number of ether oxygens (including phenoxy) is 1. The molecule has 0 aromatic carbocycles. The normalized spacial score (nSPS) is 18.8. The number of H-pyrrole nitrogens is 1. The number of anilines is 1. The van der Waals surface area contributed by atoms with Crippen molar-refractivity contribution in [3.8, 4) is 0 Å². The zero-order valence-electron chi connectivity index (χ0n) is 9.45. The van der Waals surface area contributed by atoms with Crippen LogP contribution < -0.4 is 11.3 Å². The largest absolute Gasteiger partial charge is 0.383 e. The molecule has 5 heteroatoms. The van der Waals surface area contributed by atoms with Crippen LogP contribution in [0.1, 0.15) is 38.4 Å². The van der Waals surface area contributed by atoms with Crippen LogP contribution >= 0.6 is 0 Å². The minimum atomic E-state index is -0.427. The summed E-state index contributed by atoms with van der Waals surface area (Å²) in [5.74, 6) is 0.835. The summed E-state index contributed by atoms with van der Waals surface area (Å²) in [7, 11) is 0. The molecule has 0 atom stereocenters. The third kappa shape index (κ3) is 1.95. The Morgan fingerprint density at radius 1 is 1.56 bits per heavy atom. The smallest absolute Gasteiger partial charge is 0.253 e. The van der Waals surface area contributed by atoms with Crippen LogP contribution in [0.15, 0.2) is 10.9 Å². The minimum Gasteiger partial charge on any atom is -0.383 e. The molecule has 5 nitrogen and oxygen atoms in total. The topological polar surface area (TPSA) is 81.0 Å². The molecule has 1 saturated carbocycles. The summed E-state index contributed by atoms with van der Waals surface area (Å²) in [5.41, 5.74) is 4.95. The van der Waals surface area contributed by atoms with Crippen LogP contribution in [0.3, 0.4) is 0 Å². The summed E-state index contributed by atoms with van der Waals surface area (Å²) < 4.78 is 5.80. The Labute approximate surface area is 94.0 Å². The average molecular weight is 223 g/mol. The highest BCUT2D eigenvalue weighted by Gasteiger charge is 2.38. The van der Waals surface area contributed by atoms with Crippen LogP contribution in [0.4, 0.5) is 5.82 Å². The number of aromatic nitrogens is 2. The summed E-state index contributed by atoms with van der Waals surface area (Å²) in [6.07, 6.45) is 3.98. The Balaban J connectivity index is 2.42. The standard InChI is InChI=1S/C11H17N3O2/c1-2-16-11(5-3-4-6-11)10-13-8(12)7-9(15)14-10/h7H,2-6H2,1H3,(H3,12,13,14,15). The van der Waals surface area contributed by atoms with E-state index >= 15 is 0 Å². The Morgan fingerprint density at radius 2 is 2.25 bits per heavy atom. The minimum absolute atomic E-state index is 0.214. The highest BCUT2D eigenvalue weighted by molar-refractivity contribution is 5.27.